The SMILES string of the molecule is C=C(C)C(=O)O.CCCCCCCCCCCCCCCCCCCCCCO.OCCO. The first kappa shape index (κ1) is 36.7. The van der Waals surface area contributed by atoms with E-state index in [0.29, 0.717) is 6.61 Å². The zero-order valence-electron chi connectivity index (χ0n) is 22.2. The molecule has 0 aromatic heterocycles. The van der Waals surface area contributed by atoms with Gasteiger partial charge in [0.25, 0.3) is 0 Å². The van der Waals surface area contributed by atoms with Gasteiger partial charge in [0, 0.05) is 12.2 Å². The number of carboxylic acid groups (broad SMARTS) is 1. The molecule has 0 saturated heterocycles. The molecule has 0 rings (SSSR count). The molecule has 0 unspecified atom stereocenters. The molecule has 0 heterocycles. The second-order valence-electron chi connectivity index (χ2n) is 8.97. The van der Waals surface area contributed by atoms with E-state index in [1.54, 1.807) is 0 Å². The molecule has 200 valence electrons. The van der Waals surface area contributed by atoms with Crippen LogP contribution >= 0.6 is 0 Å². The normalized spacial score (nSPS) is 10.1. The number of carbonyl (C=O) groups is 1. The second kappa shape index (κ2) is 35.7. The smallest absolute Gasteiger partial charge is 0.330 e. The van der Waals surface area contributed by atoms with Gasteiger partial charge in [0.2, 0.25) is 0 Å². The van der Waals surface area contributed by atoms with Crippen LogP contribution in [0.4, 0.5) is 0 Å². The minimum Gasteiger partial charge on any atom is -0.478 e. The van der Waals surface area contributed by atoms with Crippen molar-refractivity contribution < 1.29 is 25.2 Å². The van der Waals surface area contributed by atoms with Gasteiger partial charge in [0.15, 0.2) is 0 Å². The Morgan fingerprint density at radius 3 is 0.879 bits per heavy atom. The van der Waals surface area contributed by atoms with Gasteiger partial charge in [0.1, 0.15) is 0 Å². The number of aliphatic hydroxyl groups is 3. The van der Waals surface area contributed by atoms with Crippen LogP contribution in [0.15, 0.2) is 12.2 Å². The highest BCUT2D eigenvalue weighted by atomic mass is 16.4. The quantitative estimate of drug-likeness (QED) is 0.0966. The van der Waals surface area contributed by atoms with Crippen LogP contribution in [0.2, 0.25) is 0 Å². The van der Waals surface area contributed by atoms with Gasteiger partial charge in [-0.25, -0.2) is 4.79 Å². The van der Waals surface area contributed by atoms with E-state index in [1.807, 2.05) is 0 Å². The summed E-state index contributed by atoms with van der Waals surface area (Å²) >= 11 is 0. The fraction of sp³-hybridized carbons (Fsp3) is 0.893. The molecule has 0 saturated carbocycles. The zero-order chi connectivity index (χ0) is 25.4. The van der Waals surface area contributed by atoms with Gasteiger partial charge in [0.05, 0.1) is 13.2 Å². The maximum absolute atomic E-state index is 9.60. The van der Waals surface area contributed by atoms with E-state index in [2.05, 4.69) is 13.5 Å². The summed E-state index contributed by atoms with van der Waals surface area (Å²) in [7, 11) is 0. The zero-order valence-corrected chi connectivity index (χ0v) is 22.2. The minimum absolute atomic E-state index is 0.125. The lowest BCUT2D eigenvalue weighted by Gasteiger charge is -2.03. The Bertz CT molecular complexity index is 337. The summed E-state index contributed by atoms with van der Waals surface area (Å²) in [5.41, 5.74) is 0.176. The second-order valence-corrected chi connectivity index (χ2v) is 8.97. The summed E-state index contributed by atoms with van der Waals surface area (Å²) in [6.07, 6.45) is 28.1. The minimum atomic E-state index is -0.935. The Morgan fingerprint density at radius 1 is 0.515 bits per heavy atom. The molecule has 5 nitrogen and oxygen atoms in total. The van der Waals surface area contributed by atoms with Gasteiger partial charge >= 0.3 is 5.97 Å². The fourth-order valence-corrected chi connectivity index (χ4v) is 3.37. The average Bonchev–Trinajstić information content (AvgIpc) is 2.81. The van der Waals surface area contributed by atoms with Crippen molar-refractivity contribution in [2.75, 3.05) is 19.8 Å². The lowest BCUT2D eigenvalue weighted by atomic mass is 10.0. The summed E-state index contributed by atoms with van der Waals surface area (Å²) in [6.45, 7) is 7.02. The molecule has 0 aliphatic carbocycles. The van der Waals surface area contributed by atoms with Crippen molar-refractivity contribution in [3.05, 3.63) is 12.2 Å². The molecule has 0 spiro atoms. The van der Waals surface area contributed by atoms with Crippen molar-refractivity contribution in [1.82, 2.24) is 0 Å². The highest BCUT2D eigenvalue weighted by molar-refractivity contribution is 5.84. The summed E-state index contributed by atoms with van der Waals surface area (Å²) in [6, 6.07) is 0. The highest BCUT2D eigenvalue weighted by Gasteiger charge is 1.95. The fourth-order valence-electron chi connectivity index (χ4n) is 3.37. The largest absolute Gasteiger partial charge is 0.478 e. The molecule has 0 radical (unpaired) electrons. The van der Waals surface area contributed by atoms with Crippen LogP contribution in [0, 0.1) is 0 Å². The third-order valence-electron chi connectivity index (χ3n) is 5.48. The molecule has 0 aromatic carbocycles. The number of unbranched alkanes of at least 4 members (excludes halogenated alkanes) is 19. The molecule has 0 fully saturated rings. The third kappa shape index (κ3) is 45.3. The van der Waals surface area contributed by atoms with Gasteiger partial charge in [-0.05, 0) is 13.3 Å². The molecule has 0 bridgehead atoms. The number of hydrogen-bond donors (Lipinski definition) is 4. The van der Waals surface area contributed by atoms with Crippen molar-refractivity contribution in [2.24, 2.45) is 0 Å². The van der Waals surface area contributed by atoms with Crippen molar-refractivity contribution in [3.8, 4) is 0 Å². The summed E-state index contributed by atoms with van der Waals surface area (Å²) < 4.78 is 0. The monoisotopic (exact) mass is 474 g/mol. The molecule has 0 aliphatic rings. The van der Waals surface area contributed by atoms with Crippen LogP contribution in [0.5, 0.6) is 0 Å². The van der Waals surface area contributed by atoms with E-state index in [4.69, 9.17) is 20.4 Å². The summed E-state index contributed by atoms with van der Waals surface area (Å²) in [4.78, 5) is 9.60. The van der Waals surface area contributed by atoms with Crippen LogP contribution in [-0.2, 0) is 4.79 Å². The van der Waals surface area contributed by atoms with Gasteiger partial charge in [-0.15, -0.1) is 0 Å². The molecule has 4 N–H and O–H groups in total. The van der Waals surface area contributed by atoms with Gasteiger partial charge in [-0.2, -0.15) is 0 Å². The number of aliphatic carboxylic acids is 1. The van der Waals surface area contributed by atoms with E-state index in [-0.39, 0.29) is 18.8 Å². The van der Waals surface area contributed by atoms with E-state index >= 15 is 0 Å². The summed E-state index contributed by atoms with van der Waals surface area (Å²) in [5, 5.41) is 31.9. The molecule has 0 aliphatic heterocycles. The van der Waals surface area contributed by atoms with E-state index in [0.717, 1.165) is 6.42 Å². The Kier molecular flexibility index (Phi) is 39.6. The van der Waals surface area contributed by atoms with E-state index in [1.165, 1.54) is 129 Å². The molecule has 0 atom stereocenters. The number of hydrogen-bond acceptors (Lipinski definition) is 4. The van der Waals surface area contributed by atoms with Crippen LogP contribution in [-0.4, -0.2) is 46.2 Å². The molecule has 33 heavy (non-hydrogen) atoms. The van der Waals surface area contributed by atoms with Crippen LogP contribution in [0.1, 0.15) is 142 Å². The van der Waals surface area contributed by atoms with Gasteiger partial charge in [-0.1, -0.05) is 135 Å². The lowest BCUT2D eigenvalue weighted by molar-refractivity contribution is -0.132. The molecular weight excluding hydrogens is 416 g/mol. The Labute approximate surface area is 205 Å². The van der Waals surface area contributed by atoms with Crippen molar-refractivity contribution >= 4 is 5.97 Å². The van der Waals surface area contributed by atoms with E-state index < -0.39 is 5.97 Å². The molecule has 0 amide bonds. The van der Waals surface area contributed by atoms with Crippen molar-refractivity contribution in [2.45, 2.75) is 142 Å². The molecule has 5 heteroatoms. The predicted molar refractivity (Wildman–Crippen MR) is 142 cm³/mol. The maximum Gasteiger partial charge on any atom is 0.330 e. The average molecular weight is 475 g/mol. The predicted octanol–water partition coefficient (Wildman–Crippen LogP) is 7.42. The number of carboxylic acids is 1. The Balaban J connectivity index is -0.000000747. The Hall–Kier alpha value is -0.910. The maximum atomic E-state index is 9.60. The third-order valence-corrected chi connectivity index (χ3v) is 5.48. The van der Waals surface area contributed by atoms with E-state index in [9.17, 15) is 4.79 Å². The van der Waals surface area contributed by atoms with Gasteiger partial charge < -0.3 is 20.4 Å². The summed E-state index contributed by atoms with van der Waals surface area (Å²) in [5.74, 6) is -0.935. The topological polar surface area (TPSA) is 98.0 Å². The first-order valence-electron chi connectivity index (χ1n) is 13.7. The first-order valence-corrected chi connectivity index (χ1v) is 13.7. The van der Waals surface area contributed by atoms with Crippen molar-refractivity contribution in [1.29, 1.82) is 0 Å². The van der Waals surface area contributed by atoms with Crippen molar-refractivity contribution in [3.63, 3.8) is 0 Å². The number of rotatable bonds is 22. The first-order chi connectivity index (χ1) is 16.0. The van der Waals surface area contributed by atoms with Crippen LogP contribution in [0.25, 0.3) is 0 Å². The lowest BCUT2D eigenvalue weighted by Crippen LogP contribution is -1.92. The van der Waals surface area contributed by atoms with Crippen LogP contribution < -0.4 is 0 Å². The van der Waals surface area contributed by atoms with Gasteiger partial charge in [-0.3, -0.25) is 0 Å². The number of aliphatic hydroxyl groups excluding tert-OH is 3. The highest BCUT2D eigenvalue weighted by Crippen LogP contribution is 2.14. The Morgan fingerprint density at radius 2 is 0.727 bits per heavy atom. The standard InChI is InChI=1S/C22H46O.C4H6O2.C2H6O2/c1-2-3-4-5-6-7-8-9-10-11-12-13-14-15-16-17-18-19-20-21-22-23;1-3(2)4(5)6;3-1-2-4/h23H,2-22H2,1H3;1H2,2H3,(H,5,6);3-4H,1-2H2. The molecular formula is C28H58O5. The molecule has 0 aromatic rings. The van der Waals surface area contributed by atoms with Crippen LogP contribution in [0.3, 0.4) is 0 Å².